The van der Waals surface area contributed by atoms with E-state index < -0.39 is 12.5 Å². The van der Waals surface area contributed by atoms with E-state index >= 15 is 0 Å². The summed E-state index contributed by atoms with van der Waals surface area (Å²) in [5, 5.41) is 0. The molecule has 4 heteroatoms. The van der Waals surface area contributed by atoms with Crippen molar-refractivity contribution in [2.75, 3.05) is 6.61 Å². The molecule has 0 aromatic heterocycles. The lowest BCUT2D eigenvalue weighted by Gasteiger charge is -2.07. The third-order valence-corrected chi connectivity index (χ3v) is 2.12. The second-order valence-electron chi connectivity index (χ2n) is 3.13. The van der Waals surface area contributed by atoms with Crippen molar-refractivity contribution in [3.8, 4) is 0 Å². The second kappa shape index (κ2) is 5.02. The van der Waals surface area contributed by atoms with Crippen molar-refractivity contribution in [2.24, 2.45) is 5.90 Å². The van der Waals surface area contributed by atoms with E-state index in [0.717, 1.165) is 5.56 Å². The van der Waals surface area contributed by atoms with Crippen LogP contribution in [-0.4, -0.2) is 6.61 Å². The van der Waals surface area contributed by atoms with Crippen LogP contribution in [0.5, 0.6) is 0 Å². The number of halogens is 2. The highest BCUT2D eigenvalue weighted by molar-refractivity contribution is 5.32. The predicted molar refractivity (Wildman–Crippen MR) is 49.8 cm³/mol. The van der Waals surface area contributed by atoms with Crippen LogP contribution in [0, 0.1) is 12.7 Å². The molecule has 1 aromatic carbocycles. The van der Waals surface area contributed by atoms with Gasteiger partial charge in [-0.25, -0.2) is 14.7 Å². The first-order valence-electron chi connectivity index (χ1n) is 4.34. The van der Waals surface area contributed by atoms with E-state index in [9.17, 15) is 8.78 Å². The number of alkyl halides is 1. The van der Waals surface area contributed by atoms with Gasteiger partial charge in [0, 0.05) is 5.56 Å². The Morgan fingerprint density at radius 3 is 2.64 bits per heavy atom. The van der Waals surface area contributed by atoms with E-state index in [0.29, 0.717) is 18.6 Å². The summed E-state index contributed by atoms with van der Waals surface area (Å²) in [5.74, 6) is 4.35. The summed E-state index contributed by atoms with van der Waals surface area (Å²) in [7, 11) is 0. The van der Waals surface area contributed by atoms with E-state index in [2.05, 4.69) is 4.84 Å². The Kier molecular flexibility index (Phi) is 3.98. The van der Waals surface area contributed by atoms with E-state index in [1.165, 1.54) is 6.07 Å². The average molecular weight is 201 g/mol. The van der Waals surface area contributed by atoms with Crippen LogP contribution in [0.25, 0.3) is 0 Å². The third kappa shape index (κ3) is 2.49. The maximum atomic E-state index is 13.2. The predicted octanol–water partition coefficient (Wildman–Crippen LogP) is 2.04. The SMILES string of the molecule is Cc1cc(CCON)cc(F)c1CF. The fourth-order valence-corrected chi connectivity index (χ4v) is 1.34. The van der Waals surface area contributed by atoms with Gasteiger partial charge in [0.05, 0.1) is 6.61 Å². The van der Waals surface area contributed by atoms with Crippen LogP contribution in [0.2, 0.25) is 0 Å². The maximum absolute atomic E-state index is 13.2. The molecule has 1 aromatic rings. The fourth-order valence-electron chi connectivity index (χ4n) is 1.34. The highest BCUT2D eigenvalue weighted by atomic mass is 19.1. The Labute approximate surface area is 81.6 Å². The Balaban J connectivity index is 2.90. The third-order valence-electron chi connectivity index (χ3n) is 2.12. The van der Waals surface area contributed by atoms with E-state index in [4.69, 9.17) is 5.90 Å². The number of benzene rings is 1. The van der Waals surface area contributed by atoms with Crippen molar-refractivity contribution in [2.45, 2.75) is 20.0 Å². The molecule has 0 heterocycles. The molecular formula is C10H13F2NO. The van der Waals surface area contributed by atoms with Crippen LogP contribution < -0.4 is 5.90 Å². The quantitative estimate of drug-likeness (QED) is 0.756. The lowest BCUT2D eigenvalue weighted by Crippen LogP contribution is -2.05. The Morgan fingerprint density at radius 2 is 2.14 bits per heavy atom. The van der Waals surface area contributed by atoms with Crippen molar-refractivity contribution >= 4 is 0 Å². The van der Waals surface area contributed by atoms with Gasteiger partial charge in [0.2, 0.25) is 0 Å². The van der Waals surface area contributed by atoms with Gasteiger partial charge in [0.15, 0.2) is 0 Å². The Morgan fingerprint density at radius 1 is 1.43 bits per heavy atom. The van der Waals surface area contributed by atoms with Gasteiger partial charge in [-0.3, -0.25) is 0 Å². The van der Waals surface area contributed by atoms with Gasteiger partial charge in [0.1, 0.15) is 12.5 Å². The van der Waals surface area contributed by atoms with Gasteiger partial charge >= 0.3 is 0 Å². The largest absolute Gasteiger partial charge is 0.304 e. The number of nitrogens with two attached hydrogens (primary N) is 1. The minimum Gasteiger partial charge on any atom is -0.304 e. The molecule has 1 rings (SSSR count). The zero-order valence-electron chi connectivity index (χ0n) is 8.02. The van der Waals surface area contributed by atoms with Crippen molar-refractivity contribution < 1.29 is 13.6 Å². The average Bonchev–Trinajstić information content (AvgIpc) is 2.14. The van der Waals surface area contributed by atoms with Gasteiger partial charge in [-0.2, -0.15) is 0 Å². The molecular weight excluding hydrogens is 188 g/mol. The lowest BCUT2D eigenvalue weighted by atomic mass is 10.0. The summed E-state index contributed by atoms with van der Waals surface area (Å²) in [5.41, 5.74) is 1.52. The highest BCUT2D eigenvalue weighted by Crippen LogP contribution is 2.17. The molecule has 0 atom stereocenters. The van der Waals surface area contributed by atoms with Gasteiger partial charge < -0.3 is 4.84 Å². The number of rotatable bonds is 4. The molecule has 0 fully saturated rings. The number of hydrogen-bond acceptors (Lipinski definition) is 2. The molecule has 2 N–H and O–H groups in total. The van der Waals surface area contributed by atoms with Crippen LogP contribution in [0.3, 0.4) is 0 Å². The zero-order chi connectivity index (χ0) is 10.6. The molecule has 0 saturated carbocycles. The van der Waals surface area contributed by atoms with E-state index in [-0.39, 0.29) is 5.56 Å². The van der Waals surface area contributed by atoms with Crippen LogP contribution in [0.15, 0.2) is 12.1 Å². The summed E-state index contributed by atoms with van der Waals surface area (Å²) in [6.45, 7) is 1.24. The van der Waals surface area contributed by atoms with Gasteiger partial charge in [0.25, 0.3) is 0 Å². The van der Waals surface area contributed by atoms with E-state index in [1.807, 2.05) is 0 Å². The molecule has 0 aliphatic heterocycles. The zero-order valence-corrected chi connectivity index (χ0v) is 8.02. The molecule has 0 spiro atoms. The second-order valence-corrected chi connectivity index (χ2v) is 3.13. The molecule has 2 nitrogen and oxygen atoms in total. The summed E-state index contributed by atoms with van der Waals surface area (Å²) in [6, 6.07) is 3.07. The standard InChI is InChI=1S/C10H13F2NO/c1-7-4-8(2-3-14-13)5-10(12)9(7)6-11/h4-5H,2-3,6,13H2,1H3. The summed E-state index contributed by atoms with van der Waals surface area (Å²) in [6.07, 6.45) is 0.529. The fraction of sp³-hybridized carbons (Fsp3) is 0.400. The lowest BCUT2D eigenvalue weighted by molar-refractivity contribution is 0.141. The van der Waals surface area contributed by atoms with Crippen LogP contribution in [0.4, 0.5) is 8.78 Å². The summed E-state index contributed by atoms with van der Waals surface area (Å²) in [4.78, 5) is 4.39. The first-order chi connectivity index (χ1) is 6.69. The molecule has 0 radical (unpaired) electrons. The first kappa shape index (κ1) is 11.1. The number of hydrogen-bond donors (Lipinski definition) is 1. The van der Waals surface area contributed by atoms with Crippen molar-refractivity contribution in [1.29, 1.82) is 0 Å². The molecule has 0 aliphatic carbocycles. The monoisotopic (exact) mass is 201 g/mol. The normalized spacial score (nSPS) is 10.6. The topological polar surface area (TPSA) is 35.2 Å². The van der Waals surface area contributed by atoms with Crippen LogP contribution in [0.1, 0.15) is 16.7 Å². The van der Waals surface area contributed by atoms with Gasteiger partial charge in [-0.15, -0.1) is 0 Å². The minimum atomic E-state index is -0.772. The van der Waals surface area contributed by atoms with Gasteiger partial charge in [-0.05, 0) is 30.5 Å². The van der Waals surface area contributed by atoms with Crippen molar-refractivity contribution in [3.05, 3.63) is 34.6 Å². The molecule has 78 valence electrons. The van der Waals surface area contributed by atoms with Gasteiger partial charge in [-0.1, -0.05) is 6.07 Å². The molecule has 14 heavy (non-hydrogen) atoms. The summed E-state index contributed by atoms with van der Waals surface area (Å²) < 4.78 is 25.6. The van der Waals surface area contributed by atoms with E-state index in [1.54, 1.807) is 13.0 Å². The number of aryl methyl sites for hydroxylation is 1. The Bertz CT molecular complexity index is 292. The van der Waals surface area contributed by atoms with Crippen LogP contribution >= 0.6 is 0 Å². The molecule has 0 saturated heterocycles. The van der Waals surface area contributed by atoms with Crippen molar-refractivity contribution in [3.63, 3.8) is 0 Å². The molecule has 0 unspecified atom stereocenters. The maximum Gasteiger partial charge on any atom is 0.129 e. The minimum absolute atomic E-state index is 0.127. The molecule has 0 bridgehead atoms. The smallest absolute Gasteiger partial charge is 0.129 e. The Hall–Kier alpha value is -1.00. The highest BCUT2D eigenvalue weighted by Gasteiger charge is 2.07. The summed E-state index contributed by atoms with van der Waals surface area (Å²) >= 11 is 0. The first-order valence-corrected chi connectivity index (χ1v) is 4.34. The van der Waals surface area contributed by atoms with Crippen molar-refractivity contribution in [1.82, 2.24) is 0 Å². The molecule has 0 aliphatic rings. The van der Waals surface area contributed by atoms with Crippen LogP contribution in [-0.2, 0) is 17.9 Å². The molecule has 0 amide bonds.